The molecule has 0 saturated heterocycles. The fraction of sp³-hybridized carbons (Fsp3) is 0.625. The summed E-state index contributed by atoms with van der Waals surface area (Å²) in [5, 5.41) is 15.4. The normalized spacial score (nSPS) is 15.1. The maximum atomic E-state index is 11.2. The number of carboxylic acids is 2. The van der Waals surface area contributed by atoms with Crippen LogP contribution in [0, 0.1) is 0 Å². The lowest BCUT2D eigenvalue weighted by molar-refractivity contribution is -0.155. The van der Waals surface area contributed by atoms with Gasteiger partial charge in [0.25, 0.3) is 5.78 Å². The van der Waals surface area contributed by atoms with Gasteiger partial charge in [0.05, 0.1) is 6.35 Å². The summed E-state index contributed by atoms with van der Waals surface area (Å²) in [5.41, 5.74) is 0. The second-order valence-electron chi connectivity index (χ2n) is 2.88. The van der Waals surface area contributed by atoms with Gasteiger partial charge in [-0.1, -0.05) is 8.58 Å². The summed E-state index contributed by atoms with van der Waals surface area (Å²) in [7, 11) is -0.416. The molecule has 0 spiro atoms. The van der Waals surface area contributed by atoms with E-state index in [-0.39, 0.29) is 6.35 Å². The Bertz CT molecular complexity index is 276. The summed E-state index contributed by atoms with van der Waals surface area (Å²) in [4.78, 5) is 32.4. The molecular weight excluding hydrogens is 223 g/mol. The van der Waals surface area contributed by atoms with Crippen LogP contribution in [0.2, 0.25) is 0 Å². The first-order valence-corrected chi connectivity index (χ1v) is 5.40. The first kappa shape index (κ1) is 14.0. The molecule has 2 N–H and O–H groups in total. The van der Waals surface area contributed by atoms with E-state index in [1.54, 1.807) is 6.92 Å². The van der Waals surface area contributed by atoms with Crippen molar-refractivity contribution in [2.75, 3.05) is 13.0 Å². The lowest BCUT2D eigenvalue weighted by atomic mass is 10.1. The fourth-order valence-corrected chi connectivity index (χ4v) is 1.78. The molecule has 0 rings (SSSR count). The largest absolute Gasteiger partial charge is 0.480 e. The molecule has 2 unspecified atom stereocenters. The molecule has 0 aliphatic heterocycles. The Morgan fingerprint density at radius 2 is 1.87 bits per heavy atom. The summed E-state index contributed by atoms with van der Waals surface area (Å²) in [6.45, 7) is 3.22. The number of aliphatic carboxylic acids is 2. The highest BCUT2D eigenvalue weighted by atomic mass is 31.1. The highest BCUT2D eigenvalue weighted by Gasteiger charge is 2.44. The van der Waals surface area contributed by atoms with Crippen LogP contribution in [0.5, 0.6) is 0 Å². The molecular formula is C8H13O6P. The monoisotopic (exact) mass is 236 g/mol. The standard InChI is InChI=1S/C8H13O6P/c1-3-14-4-15-8(2,7(12)13)5(9)6(10)11/h15H,3-4H2,1-2H3,(H,10,11)(H,12,13). The third-order valence-electron chi connectivity index (χ3n) is 1.81. The quantitative estimate of drug-likeness (QED) is 0.282. The van der Waals surface area contributed by atoms with Crippen molar-refractivity contribution >= 4 is 26.3 Å². The van der Waals surface area contributed by atoms with Crippen LogP contribution < -0.4 is 0 Å². The van der Waals surface area contributed by atoms with E-state index in [0.29, 0.717) is 6.61 Å². The van der Waals surface area contributed by atoms with Gasteiger partial charge in [-0.05, 0) is 13.8 Å². The van der Waals surface area contributed by atoms with Crippen LogP contribution in [0.3, 0.4) is 0 Å². The minimum atomic E-state index is -1.89. The second kappa shape index (κ2) is 5.78. The number of carboxylic acid groups (broad SMARTS) is 2. The number of ether oxygens (including phenoxy) is 1. The number of ketones is 1. The Labute approximate surface area is 88.4 Å². The third-order valence-corrected chi connectivity index (χ3v) is 3.30. The second-order valence-corrected chi connectivity index (χ2v) is 4.52. The summed E-state index contributed by atoms with van der Waals surface area (Å²) < 4.78 is 4.91. The van der Waals surface area contributed by atoms with E-state index in [1.165, 1.54) is 0 Å². The van der Waals surface area contributed by atoms with Gasteiger partial charge in [0.2, 0.25) is 0 Å². The van der Waals surface area contributed by atoms with Gasteiger partial charge >= 0.3 is 11.9 Å². The lowest BCUT2D eigenvalue weighted by Gasteiger charge is -2.20. The Kier molecular flexibility index (Phi) is 5.39. The van der Waals surface area contributed by atoms with E-state index in [9.17, 15) is 14.4 Å². The molecule has 0 aliphatic rings. The van der Waals surface area contributed by atoms with Crippen LogP contribution in [0.25, 0.3) is 0 Å². The molecule has 7 heteroatoms. The van der Waals surface area contributed by atoms with Crippen LogP contribution >= 0.6 is 8.58 Å². The first-order valence-electron chi connectivity index (χ1n) is 4.20. The Balaban J connectivity index is 4.67. The molecule has 0 aromatic rings. The van der Waals surface area contributed by atoms with E-state index in [0.717, 1.165) is 6.92 Å². The smallest absolute Gasteiger partial charge is 0.373 e. The number of hydrogen-bond acceptors (Lipinski definition) is 4. The zero-order valence-electron chi connectivity index (χ0n) is 8.44. The van der Waals surface area contributed by atoms with Gasteiger partial charge < -0.3 is 14.9 Å². The predicted molar refractivity (Wildman–Crippen MR) is 53.5 cm³/mol. The third kappa shape index (κ3) is 3.57. The average Bonchev–Trinajstić information content (AvgIpc) is 2.16. The molecule has 0 aromatic heterocycles. The zero-order valence-corrected chi connectivity index (χ0v) is 9.44. The average molecular weight is 236 g/mol. The van der Waals surface area contributed by atoms with Crippen LogP contribution in [-0.4, -0.2) is 46.0 Å². The van der Waals surface area contributed by atoms with Crippen LogP contribution in [0.15, 0.2) is 0 Å². The van der Waals surface area contributed by atoms with Gasteiger partial charge in [-0.25, -0.2) is 4.79 Å². The first-order chi connectivity index (χ1) is 6.86. The Morgan fingerprint density at radius 3 is 2.20 bits per heavy atom. The van der Waals surface area contributed by atoms with E-state index in [4.69, 9.17) is 14.9 Å². The molecule has 86 valence electrons. The topological polar surface area (TPSA) is 101 Å². The summed E-state index contributed by atoms with van der Waals surface area (Å²) in [6, 6.07) is 0. The summed E-state index contributed by atoms with van der Waals surface area (Å²) in [6.07, 6.45) is 0.0678. The molecule has 0 bridgehead atoms. The van der Waals surface area contributed by atoms with Crippen molar-refractivity contribution in [1.29, 1.82) is 0 Å². The van der Waals surface area contributed by atoms with Crippen molar-refractivity contribution in [3.63, 3.8) is 0 Å². The van der Waals surface area contributed by atoms with Gasteiger partial charge in [0.15, 0.2) is 5.16 Å². The highest BCUT2D eigenvalue weighted by Crippen LogP contribution is 2.33. The number of carbonyl (C=O) groups excluding carboxylic acids is 1. The minimum Gasteiger partial charge on any atom is -0.480 e. The number of rotatable bonds is 7. The molecule has 15 heavy (non-hydrogen) atoms. The zero-order chi connectivity index (χ0) is 12.1. The van der Waals surface area contributed by atoms with Gasteiger partial charge in [-0.15, -0.1) is 0 Å². The van der Waals surface area contributed by atoms with Crippen molar-refractivity contribution in [2.24, 2.45) is 0 Å². The van der Waals surface area contributed by atoms with Crippen molar-refractivity contribution in [3.8, 4) is 0 Å². The fourth-order valence-electron chi connectivity index (χ4n) is 0.764. The molecule has 6 nitrogen and oxygen atoms in total. The van der Waals surface area contributed by atoms with Crippen molar-refractivity contribution in [1.82, 2.24) is 0 Å². The predicted octanol–water partition coefficient (Wildman–Crippen LogP) is 0.156. The number of carbonyl (C=O) groups is 3. The molecule has 0 radical (unpaired) electrons. The van der Waals surface area contributed by atoms with Crippen LogP contribution in [0.4, 0.5) is 0 Å². The van der Waals surface area contributed by atoms with Gasteiger partial charge in [0.1, 0.15) is 0 Å². The van der Waals surface area contributed by atoms with Crippen LogP contribution in [0.1, 0.15) is 13.8 Å². The molecule has 0 aromatic carbocycles. The summed E-state index contributed by atoms with van der Waals surface area (Å²) in [5.74, 6) is -4.48. The van der Waals surface area contributed by atoms with Gasteiger partial charge in [-0.3, -0.25) is 9.59 Å². The maximum Gasteiger partial charge on any atom is 0.373 e. The van der Waals surface area contributed by atoms with Crippen molar-refractivity contribution in [2.45, 2.75) is 19.0 Å². The van der Waals surface area contributed by atoms with Crippen molar-refractivity contribution in [3.05, 3.63) is 0 Å². The van der Waals surface area contributed by atoms with E-state index < -0.39 is 31.5 Å². The van der Waals surface area contributed by atoms with Gasteiger partial charge in [0, 0.05) is 6.61 Å². The molecule has 2 atom stereocenters. The van der Waals surface area contributed by atoms with E-state index in [2.05, 4.69) is 0 Å². The van der Waals surface area contributed by atoms with E-state index in [1.807, 2.05) is 0 Å². The minimum absolute atomic E-state index is 0.0678. The van der Waals surface area contributed by atoms with Crippen molar-refractivity contribution < 1.29 is 29.3 Å². The summed E-state index contributed by atoms with van der Waals surface area (Å²) >= 11 is 0. The van der Waals surface area contributed by atoms with Crippen LogP contribution in [-0.2, 0) is 19.1 Å². The van der Waals surface area contributed by atoms with E-state index >= 15 is 0 Å². The number of Topliss-reactive ketones (excluding diaryl/α,β-unsaturated/α-hetero) is 1. The Morgan fingerprint density at radius 1 is 1.33 bits per heavy atom. The lowest BCUT2D eigenvalue weighted by Crippen LogP contribution is -2.43. The molecule has 0 amide bonds. The highest BCUT2D eigenvalue weighted by molar-refractivity contribution is 7.43. The molecule has 0 aliphatic carbocycles. The Hall–Kier alpha value is -1.00. The molecule has 0 saturated carbocycles. The maximum absolute atomic E-state index is 11.2. The molecule has 0 heterocycles. The molecule has 0 fully saturated rings. The SMILES string of the molecule is CCOCPC(C)(C(=O)O)C(=O)C(=O)O. The van der Waals surface area contributed by atoms with Gasteiger partial charge in [-0.2, -0.15) is 0 Å². The number of hydrogen-bond donors (Lipinski definition) is 2.